The van der Waals surface area contributed by atoms with Crippen molar-refractivity contribution in [3.8, 4) is 0 Å². The molecule has 3 nitrogen and oxygen atoms in total. The van der Waals surface area contributed by atoms with E-state index in [1.165, 1.54) is 43.2 Å². The van der Waals surface area contributed by atoms with Gasteiger partial charge in [0.1, 0.15) is 0 Å². The smallest absolute Gasteiger partial charge is 0.207 e. The number of hydrogen-bond acceptors (Lipinski definition) is 2. The molecule has 3 aliphatic rings. The fourth-order valence-electron chi connectivity index (χ4n) is 6.47. The minimum Gasteiger partial charge on any atom is -0.207 e. The number of sulfonamides is 1. The van der Waals surface area contributed by atoms with Gasteiger partial charge in [0, 0.05) is 12.6 Å². The van der Waals surface area contributed by atoms with Gasteiger partial charge in [0.05, 0.1) is 4.90 Å². The lowest BCUT2D eigenvalue weighted by atomic mass is 9.64. The summed E-state index contributed by atoms with van der Waals surface area (Å²) in [4.78, 5) is 0.462. The highest BCUT2D eigenvalue weighted by Crippen LogP contribution is 2.49. The van der Waals surface area contributed by atoms with E-state index in [0.717, 1.165) is 24.8 Å². The summed E-state index contributed by atoms with van der Waals surface area (Å²) in [6.45, 7) is 2.65. The number of aryl methyl sites for hydroxylation is 2. The molecule has 30 heavy (non-hydrogen) atoms. The van der Waals surface area contributed by atoms with E-state index in [-0.39, 0.29) is 6.04 Å². The number of nitrogens with zero attached hydrogens (tertiary/aromatic N) is 1. The topological polar surface area (TPSA) is 37.4 Å². The first kappa shape index (κ1) is 20.3. The lowest BCUT2D eigenvalue weighted by Crippen LogP contribution is -2.55. The third-order valence-corrected chi connectivity index (χ3v) is 9.82. The lowest BCUT2D eigenvalue weighted by molar-refractivity contribution is 0.0705. The Balaban J connectivity index is 1.54. The third kappa shape index (κ3) is 3.52. The second-order valence-electron chi connectivity index (χ2n) is 9.61. The van der Waals surface area contributed by atoms with Gasteiger partial charge in [0.2, 0.25) is 10.0 Å². The first-order chi connectivity index (χ1) is 14.6. The van der Waals surface area contributed by atoms with Crippen LogP contribution in [0.3, 0.4) is 0 Å². The van der Waals surface area contributed by atoms with Crippen molar-refractivity contribution in [1.29, 1.82) is 0 Å². The number of fused-ring (bicyclic) bond motifs is 3. The van der Waals surface area contributed by atoms with Crippen LogP contribution in [0.15, 0.2) is 53.4 Å². The Morgan fingerprint density at radius 3 is 2.37 bits per heavy atom. The van der Waals surface area contributed by atoms with E-state index < -0.39 is 10.0 Å². The highest BCUT2D eigenvalue weighted by atomic mass is 32.2. The summed E-state index contributed by atoms with van der Waals surface area (Å²) in [6, 6.07) is 16.5. The average molecular weight is 424 g/mol. The Morgan fingerprint density at radius 1 is 0.867 bits per heavy atom. The standard InChI is InChI=1S/C26H33NO2S/c1-19-11-14-22(15-12-19)30(28,29)27-18-17-24-23-10-6-5-7-20(23)13-16-25(24)26(27)21-8-3-2-4-9-21/h5-7,10-12,14-15,21,24-26H,2-4,8-9,13,16-18H2,1H3/t24-,25+,26-/m0/s1. The van der Waals surface area contributed by atoms with Gasteiger partial charge < -0.3 is 0 Å². The van der Waals surface area contributed by atoms with Gasteiger partial charge in [-0.25, -0.2) is 8.42 Å². The highest BCUT2D eigenvalue weighted by molar-refractivity contribution is 7.89. The zero-order valence-electron chi connectivity index (χ0n) is 18.0. The van der Waals surface area contributed by atoms with Crippen LogP contribution < -0.4 is 0 Å². The highest BCUT2D eigenvalue weighted by Gasteiger charge is 2.48. The van der Waals surface area contributed by atoms with Gasteiger partial charge in [-0.15, -0.1) is 0 Å². The fraction of sp³-hybridized carbons (Fsp3) is 0.538. The summed E-state index contributed by atoms with van der Waals surface area (Å²) >= 11 is 0. The summed E-state index contributed by atoms with van der Waals surface area (Å²) in [5.74, 6) is 1.44. The van der Waals surface area contributed by atoms with Crippen LogP contribution in [-0.2, 0) is 16.4 Å². The molecule has 4 heteroatoms. The molecule has 5 rings (SSSR count). The number of rotatable bonds is 3. The van der Waals surface area contributed by atoms with E-state index in [0.29, 0.717) is 29.2 Å². The Labute approximate surface area is 181 Å². The van der Waals surface area contributed by atoms with E-state index in [1.54, 1.807) is 12.1 Å². The second-order valence-corrected chi connectivity index (χ2v) is 11.5. The minimum absolute atomic E-state index is 0.142. The molecule has 2 fully saturated rings. The predicted molar refractivity (Wildman–Crippen MR) is 121 cm³/mol. The molecule has 1 saturated carbocycles. The van der Waals surface area contributed by atoms with Gasteiger partial charge in [-0.3, -0.25) is 0 Å². The molecule has 1 heterocycles. The van der Waals surface area contributed by atoms with Crippen LogP contribution in [0, 0.1) is 18.8 Å². The zero-order valence-corrected chi connectivity index (χ0v) is 18.8. The monoisotopic (exact) mass is 423 g/mol. The van der Waals surface area contributed by atoms with Crippen LogP contribution in [0.25, 0.3) is 0 Å². The van der Waals surface area contributed by atoms with Crippen molar-refractivity contribution in [2.24, 2.45) is 11.8 Å². The Hall–Kier alpha value is -1.65. The number of benzene rings is 2. The summed E-state index contributed by atoms with van der Waals surface area (Å²) in [5.41, 5.74) is 4.07. The molecular formula is C26H33NO2S. The largest absolute Gasteiger partial charge is 0.243 e. The van der Waals surface area contributed by atoms with Crippen LogP contribution >= 0.6 is 0 Å². The fourth-order valence-corrected chi connectivity index (χ4v) is 8.22. The van der Waals surface area contributed by atoms with Gasteiger partial charge in [-0.2, -0.15) is 4.31 Å². The number of hydrogen-bond donors (Lipinski definition) is 0. The van der Waals surface area contributed by atoms with Crippen LogP contribution in [0.4, 0.5) is 0 Å². The molecular weight excluding hydrogens is 390 g/mol. The van der Waals surface area contributed by atoms with Crippen LogP contribution in [-0.4, -0.2) is 25.3 Å². The van der Waals surface area contributed by atoms with Gasteiger partial charge in [0.15, 0.2) is 0 Å². The zero-order chi connectivity index (χ0) is 20.7. The van der Waals surface area contributed by atoms with Gasteiger partial charge >= 0.3 is 0 Å². The summed E-state index contributed by atoms with van der Waals surface area (Å²) < 4.78 is 29.5. The third-order valence-electron chi connectivity index (χ3n) is 7.91. The van der Waals surface area contributed by atoms with Gasteiger partial charge in [-0.05, 0) is 80.0 Å². The molecule has 0 amide bonds. The normalized spacial score (nSPS) is 28.0. The van der Waals surface area contributed by atoms with E-state index in [9.17, 15) is 8.42 Å². The Kier molecular flexibility index (Phi) is 5.49. The van der Waals surface area contributed by atoms with Gasteiger partial charge in [0.25, 0.3) is 0 Å². The molecule has 0 unspecified atom stereocenters. The summed E-state index contributed by atoms with van der Waals surface area (Å²) in [7, 11) is -3.47. The minimum atomic E-state index is -3.47. The number of piperidine rings is 1. The molecule has 3 atom stereocenters. The maximum absolute atomic E-state index is 13.8. The van der Waals surface area contributed by atoms with Crippen molar-refractivity contribution in [2.75, 3.05) is 6.54 Å². The molecule has 0 spiro atoms. The molecule has 2 aliphatic carbocycles. The SMILES string of the molecule is Cc1ccc(S(=O)(=O)N2CC[C@H]3c4ccccc4CC[C@H]3[C@@H]2C2CCCCC2)cc1. The van der Waals surface area contributed by atoms with Crippen molar-refractivity contribution >= 4 is 10.0 Å². The summed E-state index contributed by atoms with van der Waals surface area (Å²) in [6.07, 6.45) is 9.27. The van der Waals surface area contributed by atoms with Crippen molar-refractivity contribution in [3.05, 3.63) is 65.2 Å². The molecule has 1 aliphatic heterocycles. The molecule has 0 aromatic heterocycles. The van der Waals surface area contributed by atoms with E-state index in [2.05, 4.69) is 24.3 Å². The van der Waals surface area contributed by atoms with Gasteiger partial charge in [-0.1, -0.05) is 61.2 Å². The van der Waals surface area contributed by atoms with Crippen LogP contribution in [0.5, 0.6) is 0 Å². The molecule has 0 N–H and O–H groups in total. The molecule has 0 radical (unpaired) electrons. The molecule has 1 saturated heterocycles. The van der Waals surface area contributed by atoms with Crippen molar-refractivity contribution < 1.29 is 8.42 Å². The van der Waals surface area contributed by atoms with Crippen molar-refractivity contribution in [2.45, 2.75) is 75.1 Å². The maximum atomic E-state index is 13.8. The first-order valence-electron chi connectivity index (χ1n) is 11.7. The molecule has 0 bridgehead atoms. The Morgan fingerprint density at radius 2 is 1.60 bits per heavy atom. The van der Waals surface area contributed by atoms with Crippen molar-refractivity contribution in [3.63, 3.8) is 0 Å². The van der Waals surface area contributed by atoms with E-state index >= 15 is 0 Å². The van der Waals surface area contributed by atoms with Crippen LogP contribution in [0.1, 0.15) is 67.6 Å². The molecule has 2 aromatic carbocycles. The average Bonchev–Trinajstić information content (AvgIpc) is 2.79. The molecule has 160 valence electrons. The molecule has 2 aromatic rings. The van der Waals surface area contributed by atoms with E-state index in [4.69, 9.17) is 0 Å². The van der Waals surface area contributed by atoms with Crippen molar-refractivity contribution in [1.82, 2.24) is 4.31 Å². The summed E-state index contributed by atoms with van der Waals surface area (Å²) in [5, 5.41) is 0. The second kappa shape index (κ2) is 8.12. The first-order valence-corrected chi connectivity index (χ1v) is 13.2. The predicted octanol–water partition coefficient (Wildman–Crippen LogP) is 5.68. The lowest BCUT2D eigenvalue weighted by Gasteiger charge is -2.51. The maximum Gasteiger partial charge on any atom is 0.243 e. The van der Waals surface area contributed by atoms with E-state index in [1.807, 2.05) is 23.4 Å². The van der Waals surface area contributed by atoms with Crippen LogP contribution in [0.2, 0.25) is 0 Å². The Bertz CT molecular complexity index is 992. The quantitative estimate of drug-likeness (QED) is 0.636.